The van der Waals surface area contributed by atoms with E-state index in [0.29, 0.717) is 12.1 Å². The number of para-hydroxylation sites is 1. The van der Waals surface area contributed by atoms with Gasteiger partial charge in [0.15, 0.2) is 0 Å². The van der Waals surface area contributed by atoms with Crippen molar-refractivity contribution in [3.63, 3.8) is 0 Å². The second-order valence-electron chi connectivity index (χ2n) is 3.72. The summed E-state index contributed by atoms with van der Waals surface area (Å²) in [5.74, 6) is 0. The topological polar surface area (TPSA) is 135 Å². The smallest absolute Gasteiger partial charge is 0.423 e. The van der Waals surface area contributed by atoms with Crippen molar-refractivity contribution < 1.29 is 23.3 Å². The van der Waals surface area contributed by atoms with Gasteiger partial charge in [-0.1, -0.05) is 18.2 Å². The van der Waals surface area contributed by atoms with Gasteiger partial charge in [0.2, 0.25) is 0 Å². The Morgan fingerprint density at radius 3 is 2.45 bits per heavy atom. The van der Waals surface area contributed by atoms with E-state index >= 15 is 0 Å². The second kappa shape index (κ2) is 11.1. The maximum atomic E-state index is 10.7. The molecule has 0 spiro atoms. The number of phosphoric acid groups is 1. The minimum atomic E-state index is -4.24. The number of hydrogen-bond donors (Lipinski definition) is 4. The Bertz CT molecular complexity index is 639. The van der Waals surface area contributed by atoms with Crippen LogP contribution in [0.1, 0.15) is 0 Å². The molecule has 0 saturated carbocycles. The van der Waals surface area contributed by atoms with Crippen LogP contribution >= 0.6 is 7.82 Å². The molecule has 0 fully saturated rings. The molecule has 0 radical (unpaired) electrons. The Hall–Kier alpha value is -1.54. The standard InChI is InChI=1S/C9H6O2.C3H10NO4P.CH5N/c10-9-6-5-7-3-1-2-4-8(7)11-9;1-4-2-3-8-9(5,6)7;1-2/h1-6H;4H,2-3H2,1H3,(H2,5,6,7);2H2,1H3. The third-order valence-electron chi connectivity index (χ3n) is 2.14. The number of nitrogens with two attached hydrogens (primary N) is 1. The van der Waals surface area contributed by atoms with Gasteiger partial charge in [-0.3, -0.25) is 4.52 Å². The van der Waals surface area contributed by atoms with Crippen LogP contribution < -0.4 is 16.7 Å². The van der Waals surface area contributed by atoms with Crippen LogP contribution in [0.3, 0.4) is 0 Å². The molecule has 5 N–H and O–H groups in total. The van der Waals surface area contributed by atoms with Crippen molar-refractivity contribution in [2.75, 3.05) is 27.2 Å². The Morgan fingerprint density at radius 1 is 1.23 bits per heavy atom. The van der Waals surface area contributed by atoms with E-state index < -0.39 is 7.82 Å². The number of benzene rings is 1. The van der Waals surface area contributed by atoms with Gasteiger partial charge in [-0.15, -0.1) is 0 Å². The molecule has 2 rings (SSSR count). The zero-order valence-corrected chi connectivity index (χ0v) is 13.3. The first-order chi connectivity index (χ1) is 10.4. The molecule has 1 aromatic carbocycles. The van der Waals surface area contributed by atoms with Crippen molar-refractivity contribution in [3.05, 3.63) is 46.8 Å². The van der Waals surface area contributed by atoms with Crippen molar-refractivity contribution in [1.82, 2.24) is 5.32 Å². The highest BCUT2D eigenvalue weighted by Gasteiger charge is 2.11. The summed E-state index contributed by atoms with van der Waals surface area (Å²) in [7, 11) is -1.07. The molecule has 0 saturated heterocycles. The fourth-order valence-electron chi connectivity index (χ4n) is 1.28. The quantitative estimate of drug-likeness (QED) is 0.365. The molecule has 0 aliphatic heterocycles. The van der Waals surface area contributed by atoms with E-state index in [-0.39, 0.29) is 12.2 Å². The van der Waals surface area contributed by atoms with E-state index in [2.05, 4.69) is 15.6 Å². The van der Waals surface area contributed by atoms with Crippen LogP contribution in [0.15, 0.2) is 45.6 Å². The zero-order chi connectivity index (χ0) is 17.0. The molecule has 8 nitrogen and oxygen atoms in total. The molecule has 2 aromatic rings. The highest BCUT2D eigenvalue weighted by Crippen LogP contribution is 2.34. The van der Waals surface area contributed by atoms with Gasteiger partial charge in [-0.2, -0.15) is 0 Å². The summed E-state index contributed by atoms with van der Waals surface area (Å²) in [6.07, 6.45) is 0. The van der Waals surface area contributed by atoms with Gasteiger partial charge in [0.05, 0.1) is 6.61 Å². The minimum absolute atomic E-state index is 0.0285. The van der Waals surface area contributed by atoms with Crippen LogP contribution in [-0.4, -0.2) is 37.0 Å². The second-order valence-corrected chi connectivity index (χ2v) is 4.96. The SMILES string of the molecule is CN.CNCCOP(=O)(O)O.O=c1ccc2ccccc2o1. The predicted molar refractivity (Wildman–Crippen MR) is 84.5 cm³/mol. The van der Waals surface area contributed by atoms with Gasteiger partial charge in [-0.25, -0.2) is 9.36 Å². The lowest BCUT2D eigenvalue weighted by molar-refractivity contribution is 0.199. The predicted octanol–water partition coefficient (Wildman–Crippen LogP) is 0.683. The molecule has 1 aromatic heterocycles. The summed E-state index contributed by atoms with van der Waals surface area (Å²) in [5.41, 5.74) is 4.84. The van der Waals surface area contributed by atoms with Crippen molar-refractivity contribution in [2.24, 2.45) is 5.73 Å². The summed E-state index contributed by atoms with van der Waals surface area (Å²) >= 11 is 0. The molecule has 0 bridgehead atoms. The molecule has 22 heavy (non-hydrogen) atoms. The van der Waals surface area contributed by atoms with Gasteiger partial charge in [-0.05, 0) is 26.2 Å². The van der Waals surface area contributed by atoms with E-state index in [4.69, 9.17) is 14.2 Å². The number of phosphoric ester groups is 1. The molecule has 0 aliphatic carbocycles. The Labute approximate surface area is 128 Å². The Morgan fingerprint density at radius 2 is 1.86 bits per heavy atom. The number of fused-ring (bicyclic) bond motifs is 1. The first-order valence-corrected chi connectivity index (χ1v) is 7.87. The molecule has 0 atom stereocenters. The largest absolute Gasteiger partial charge is 0.469 e. The Kier molecular flexibility index (Phi) is 10.3. The van der Waals surface area contributed by atoms with Crippen LogP contribution in [-0.2, 0) is 9.09 Å². The summed E-state index contributed by atoms with van der Waals surface area (Å²) in [6, 6.07) is 10.6. The highest BCUT2D eigenvalue weighted by molar-refractivity contribution is 7.46. The summed E-state index contributed by atoms with van der Waals surface area (Å²) in [6.45, 7) is 0.464. The van der Waals surface area contributed by atoms with Crippen LogP contribution in [0.2, 0.25) is 0 Å². The first kappa shape index (κ1) is 20.5. The lowest BCUT2D eigenvalue weighted by Gasteiger charge is -2.02. The molecule has 124 valence electrons. The molecule has 0 amide bonds. The average Bonchev–Trinajstić information content (AvgIpc) is 2.49. The molecule has 0 unspecified atom stereocenters. The van der Waals surface area contributed by atoms with E-state index in [1.165, 1.54) is 13.1 Å². The fourth-order valence-corrected chi connectivity index (χ4v) is 1.61. The maximum Gasteiger partial charge on any atom is 0.469 e. The first-order valence-electron chi connectivity index (χ1n) is 6.34. The van der Waals surface area contributed by atoms with Gasteiger partial charge in [0.1, 0.15) is 5.58 Å². The van der Waals surface area contributed by atoms with Crippen LogP contribution in [0.25, 0.3) is 11.0 Å². The number of rotatable bonds is 4. The van der Waals surface area contributed by atoms with Gasteiger partial charge < -0.3 is 25.3 Å². The molecule has 0 aliphatic rings. The molecular weight excluding hydrogens is 311 g/mol. The molecule has 1 heterocycles. The number of likely N-dealkylation sites (N-methyl/N-ethyl adjacent to an activating group) is 1. The number of nitrogens with one attached hydrogen (secondary N) is 1. The highest BCUT2D eigenvalue weighted by atomic mass is 31.2. The van der Waals surface area contributed by atoms with E-state index in [1.54, 1.807) is 19.2 Å². The minimum Gasteiger partial charge on any atom is -0.423 e. The van der Waals surface area contributed by atoms with Crippen molar-refractivity contribution >= 4 is 18.8 Å². The third-order valence-corrected chi connectivity index (χ3v) is 2.66. The van der Waals surface area contributed by atoms with Crippen molar-refractivity contribution in [3.8, 4) is 0 Å². The fraction of sp³-hybridized carbons (Fsp3) is 0.308. The zero-order valence-electron chi connectivity index (χ0n) is 12.4. The average molecular weight is 332 g/mol. The van der Waals surface area contributed by atoms with E-state index in [0.717, 1.165) is 5.39 Å². The number of hydrogen-bond acceptors (Lipinski definition) is 6. The normalized spacial score (nSPS) is 10.2. The summed E-state index contributed by atoms with van der Waals surface area (Å²) in [5, 5.41) is 3.62. The van der Waals surface area contributed by atoms with Crippen molar-refractivity contribution in [2.45, 2.75) is 0 Å². The van der Waals surface area contributed by atoms with Crippen LogP contribution in [0.5, 0.6) is 0 Å². The van der Waals surface area contributed by atoms with Gasteiger partial charge in [0.25, 0.3) is 0 Å². The lowest BCUT2D eigenvalue weighted by Crippen LogP contribution is -2.13. The maximum absolute atomic E-state index is 10.7. The van der Waals surface area contributed by atoms with Crippen LogP contribution in [0, 0.1) is 0 Å². The molecular formula is C13H21N2O6P. The summed E-state index contributed by atoms with van der Waals surface area (Å²) in [4.78, 5) is 26.9. The van der Waals surface area contributed by atoms with Crippen LogP contribution in [0.4, 0.5) is 0 Å². The lowest BCUT2D eigenvalue weighted by atomic mass is 10.2. The van der Waals surface area contributed by atoms with E-state index in [9.17, 15) is 9.36 Å². The van der Waals surface area contributed by atoms with Crippen molar-refractivity contribution in [1.29, 1.82) is 0 Å². The van der Waals surface area contributed by atoms with Gasteiger partial charge in [0, 0.05) is 18.0 Å². The Balaban J connectivity index is 0.000000369. The third kappa shape index (κ3) is 9.41. The van der Waals surface area contributed by atoms with Gasteiger partial charge >= 0.3 is 13.4 Å². The summed E-state index contributed by atoms with van der Waals surface area (Å²) < 4.78 is 18.9. The monoisotopic (exact) mass is 332 g/mol. The molecule has 9 heteroatoms. The van der Waals surface area contributed by atoms with E-state index in [1.807, 2.05) is 18.2 Å².